The van der Waals surface area contributed by atoms with E-state index in [-0.39, 0.29) is 0 Å². The van der Waals surface area contributed by atoms with Gasteiger partial charge in [-0.3, -0.25) is 0 Å². The quantitative estimate of drug-likeness (QED) is 0.185. The molecule has 0 bridgehead atoms. The summed E-state index contributed by atoms with van der Waals surface area (Å²) in [6.07, 6.45) is 0. The lowest BCUT2D eigenvalue weighted by molar-refractivity contribution is 0.669. The lowest BCUT2D eigenvalue weighted by atomic mass is 9.87. The van der Waals surface area contributed by atoms with Gasteiger partial charge in [0.25, 0.3) is 0 Å². The summed E-state index contributed by atoms with van der Waals surface area (Å²) in [5, 5.41) is 4.62. The number of rotatable bonds is 6. The molecule has 0 radical (unpaired) electrons. The van der Waals surface area contributed by atoms with Crippen LogP contribution in [0.25, 0.3) is 66.1 Å². The Morgan fingerprint density at radius 3 is 1.75 bits per heavy atom. The molecule has 0 fully saturated rings. The fourth-order valence-electron chi connectivity index (χ4n) is 7.03. The van der Waals surface area contributed by atoms with Gasteiger partial charge in [0.1, 0.15) is 11.2 Å². The fraction of sp³-hybridized carbons (Fsp3) is 0. The summed E-state index contributed by atoms with van der Waals surface area (Å²) in [7, 11) is 0. The van der Waals surface area contributed by atoms with E-state index in [4.69, 9.17) is 4.42 Å². The summed E-state index contributed by atoms with van der Waals surface area (Å²) < 4.78 is 6.27. The Bertz CT molecular complexity index is 2560. The summed E-state index contributed by atoms with van der Waals surface area (Å²) in [5.74, 6) is 0. The Hall–Kier alpha value is -6.38. The summed E-state index contributed by atoms with van der Waals surface area (Å²) in [6, 6.07) is 67.1. The second kappa shape index (κ2) is 11.8. The number of para-hydroxylation sites is 1. The van der Waals surface area contributed by atoms with Gasteiger partial charge in [0.05, 0.1) is 5.69 Å². The van der Waals surface area contributed by atoms with E-state index in [1.165, 1.54) is 44.2 Å². The van der Waals surface area contributed by atoms with Crippen LogP contribution in [0.2, 0.25) is 0 Å². The molecule has 0 atom stereocenters. The van der Waals surface area contributed by atoms with E-state index in [0.29, 0.717) is 0 Å². The van der Waals surface area contributed by atoms with Crippen LogP contribution in [0.15, 0.2) is 192 Å². The molecule has 226 valence electrons. The molecule has 0 unspecified atom stereocenters. The van der Waals surface area contributed by atoms with Crippen LogP contribution in [-0.4, -0.2) is 0 Å². The fourth-order valence-corrected chi connectivity index (χ4v) is 7.03. The van der Waals surface area contributed by atoms with Gasteiger partial charge in [-0.15, -0.1) is 0 Å². The maximum Gasteiger partial charge on any atom is 0.135 e. The predicted octanol–water partition coefficient (Wildman–Crippen LogP) is 13.2. The minimum absolute atomic E-state index is 0.881. The highest BCUT2D eigenvalue weighted by Gasteiger charge is 2.23. The minimum Gasteiger partial charge on any atom is -0.456 e. The number of benzene rings is 8. The first-order valence-electron chi connectivity index (χ1n) is 16.4. The van der Waals surface area contributed by atoms with E-state index in [1.54, 1.807) is 0 Å². The topological polar surface area (TPSA) is 16.4 Å². The molecule has 0 saturated carbocycles. The van der Waals surface area contributed by atoms with E-state index < -0.39 is 0 Å². The molecule has 0 aliphatic carbocycles. The summed E-state index contributed by atoms with van der Waals surface area (Å²) in [4.78, 5) is 2.41. The number of furan rings is 1. The van der Waals surface area contributed by atoms with Crippen LogP contribution >= 0.6 is 0 Å². The zero-order chi connectivity index (χ0) is 31.9. The van der Waals surface area contributed by atoms with Gasteiger partial charge in [0, 0.05) is 27.7 Å². The van der Waals surface area contributed by atoms with Gasteiger partial charge in [0.2, 0.25) is 0 Å². The minimum atomic E-state index is 0.881. The molecule has 9 aromatic rings. The van der Waals surface area contributed by atoms with E-state index in [9.17, 15) is 0 Å². The second-order valence-electron chi connectivity index (χ2n) is 12.1. The molecule has 0 saturated heterocycles. The molecule has 0 aliphatic heterocycles. The van der Waals surface area contributed by atoms with Crippen LogP contribution in [0, 0.1) is 0 Å². The molecule has 0 spiro atoms. The Labute approximate surface area is 279 Å². The molecule has 0 amide bonds. The van der Waals surface area contributed by atoms with Gasteiger partial charge >= 0.3 is 0 Å². The molecule has 1 aromatic heterocycles. The van der Waals surface area contributed by atoms with Crippen molar-refractivity contribution in [1.82, 2.24) is 0 Å². The van der Waals surface area contributed by atoms with Crippen molar-refractivity contribution in [1.29, 1.82) is 0 Å². The molecule has 2 heteroatoms. The van der Waals surface area contributed by atoms with Crippen LogP contribution in [-0.2, 0) is 0 Å². The van der Waals surface area contributed by atoms with Gasteiger partial charge in [-0.1, -0.05) is 146 Å². The van der Waals surface area contributed by atoms with Gasteiger partial charge in [-0.25, -0.2) is 0 Å². The molecule has 8 aromatic carbocycles. The van der Waals surface area contributed by atoms with Crippen molar-refractivity contribution in [2.45, 2.75) is 0 Å². The number of hydrogen-bond acceptors (Lipinski definition) is 2. The Morgan fingerprint density at radius 2 is 0.938 bits per heavy atom. The van der Waals surface area contributed by atoms with E-state index in [2.05, 4.69) is 181 Å². The van der Waals surface area contributed by atoms with Crippen molar-refractivity contribution in [3.05, 3.63) is 188 Å². The van der Waals surface area contributed by atoms with Gasteiger partial charge in [0.15, 0.2) is 0 Å². The smallest absolute Gasteiger partial charge is 0.135 e. The normalized spacial score (nSPS) is 11.3. The third-order valence-corrected chi connectivity index (χ3v) is 9.26. The summed E-state index contributed by atoms with van der Waals surface area (Å²) >= 11 is 0. The monoisotopic (exact) mass is 613 g/mol. The van der Waals surface area contributed by atoms with Crippen LogP contribution in [0.1, 0.15) is 0 Å². The molecular weight excluding hydrogens is 583 g/mol. The van der Waals surface area contributed by atoms with Crippen molar-refractivity contribution < 1.29 is 4.42 Å². The van der Waals surface area contributed by atoms with Crippen molar-refractivity contribution >= 4 is 49.8 Å². The lowest BCUT2D eigenvalue weighted by Gasteiger charge is -2.30. The molecular formula is C46H31NO. The number of anilines is 3. The van der Waals surface area contributed by atoms with Crippen molar-refractivity contribution in [3.63, 3.8) is 0 Å². The summed E-state index contributed by atoms with van der Waals surface area (Å²) in [6.45, 7) is 0. The van der Waals surface area contributed by atoms with Crippen molar-refractivity contribution in [2.75, 3.05) is 4.90 Å². The van der Waals surface area contributed by atoms with Crippen LogP contribution in [0.3, 0.4) is 0 Å². The van der Waals surface area contributed by atoms with E-state index >= 15 is 0 Å². The van der Waals surface area contributed by atoms with Crippen molar-refractivity contribution in [2.24, 2.45) is 0 Å². The zero-order valence-corrected chi connectivity index (χ0v) is 26.3. The lowest BCUT2D eigenvalue weighted by Crippen LogP contribution is -2.12. The summed E-state index contributed by atoms with van der Waals surface area (Å²) in [5.41, 5.74) is 12.1. The zero-order valence-electron chi connectivity index (χ0n) is 26.3. The molecule has 9 rings (SSSR count). The number of hydrogen-bond donors (Lipinski definition) is 0. The second-order valence-corrected chi connectivity index (χ2v) is 12.1. The highest BCUT2D eigenvalue weighted by molar-refractivity contribution is 6.08. The Morgan fingerprint density at radius 1 is 0.354 bits per heavy atom. The SMILES string of the molecule is c1ccc(-c2ccccc2-c2c(-c3ccccc3)cccc2N(c2ccc3ccccc3c2)c2ccc3oc4ccccc4c3c2)cc1. The molecule has 1 heterocycles. The third-order valence-electron chi connectivity index (χ3n) is 9.26. The standard InChI is InChI=1S/C46H31NO/c1-3-15-33(16-4-1)38-20-9-10-22-41(38)46-39(34-17-5-2-6-18-34)23-13-24-43(46)47(36-27-26-32-14-7-8-19-35(32)30-36)37-28-29-45-42(31-37)40-21-11-12-25-44(40)48-45/h1-31H. The van der Waals surface area contributed by atoms with E-state index in [1.807, 2.05) is 12.1 Å². The largest absolute Gasteiger partial charge is 0.456 e. The van der Waals surface area contributed by atoms with Crippen molar-refractivity contribution in [3.8, 4) is 33.4 Å². The Kier molecular flexibility index (Phi) is 6.84. The predicted molar refractivity (Wildman–Crippen MR) is 202 cm³/mol. The average molecular weight is 614 g/mol. The maximum absolute atomic E-state index is 6.27. The number of fused-ring (bicyclic) bond motifs is 4. The van der Waals surface area contributed by atoms with Gasteiger partial charge in [-0.05, 0) is 81.1 Å². The molecule has 0 N–H and O–H groups in total. The molecule has 0 aliphatic rings. The van der Waals surface area contributed by atoms with Crippen LogP contribution in [0.4, 0.5) is 17.1 Å². The van der Waals surface area contributed by atoms with Crippen LogP contribution in [0.5, 0.6) is 0 Å². The first-order chi connectivity index (χ1) is 23.8. The Balaban J connectivity index is 1.37. The van der Waals surface area contributed by atoms with Crippen LogP contribution < -0.4 is 4.90 Å². The first-order valence-corrected chi connectivity index (χ1v) is 16.4. The first kappa shape index (κ1) is 27.9. The van der Waals surface area contributed by atoms with E-state index in [0.717, 1.165) is 39.0 Å². The third kappa shape index (κ3) is 4.83. The molecule has 2 nitrogen and oxygen atoms in total. The van der Waals surface area contributed by atoms with Gasteiger partial charge < -0.3 is 9.32 Å². The molecule has 48 heavy (non-hydrogen) atoms. The highest BCUT2D eigenvalue weighted by Crippen LogP contribution is 2.48. The average Bonchev–Trinajstić information content (AvgIpc) is 3.54. The maximum atomic E-state index is 6.27. The number of nitrogens with zero attached hydrogens (tertiary/aromatic N) is 1. The highest BCUT2D eigenvalue weighted by atomic mass is 16.3. The van der Waals surface area contributed by atoms with Gasteiger partial charge in [-0.2, -0.15) is 0 Å².